The number of fused-ring (bicyclic) bond motifs is 1. The zero-order chi connectivity index (χ0) is 25.5. The number of amides is 3. The van der Waals surface area contributed by atoms with Gasteiger partial charge in [-0.05, 0) is 63.0 Å². The number of nitrogens with one attached hydrogen (secondary N) is 3. The Morgan fingerprint density at radius 2 is 1.81 bits per heavy atom. The predicted molar refractivity (Wildman–Crippen MR) is 127 cm³/mol. The van der Waals surface area contributed by atoms with Gasteiger partial charge in [0.15, 0.2) is 0 Å². The molecule has 1 unspecified atom stereocenters. The minimum absolute atomic E-state index is 0.159. The van der Waals surface area contributed by atoms with E-state index in [1.165, 1.54) is 12.8 Å². The first-order valence-corrected chi connectivity index (χ1v) is 13.0. The number of hydrogen-bond acceptors (Lipinski definition) is 5. The van der Waals surface area contributed by atoms with Crippen LogP contribution in [0, 0.1) is 5.92 Å². The van der Waals surface area contributed by atoms with E-state index in [4.69, 9.17) is 0 Å². The summed E-state index contributed by atoms with van der Waals surface area (Å²) in [5.41, 5.74) is 2.02. The summed E-state index contributed by atoms with van der Waals surface area (Å²) in [6.45, 7) is -0.678. The molecule has 2 heterocycles. The number of piperidine rings is 1. The highest BCUT2D eigenvalue weighted by Gasteiger charge is 2.42. The summed E-state index contributed by atoms with van der Waals surface area (Å²) in [7, 11) is 0. The third-order valence-electron chi connectivity index (χ3n) is 8.24. The summed E-state index contributed by atoms with van der Waals surface area (Å²) in [5, 5.41) is 8.75. The van der Waals surface area contributed by atoms with E-state index in [9.17, 15) is 27.6 Å². The van der Waals surface area contributed by atoms with Gasteiger partial charge in [0.2, 0.25) is 11.8 Å². The molecule has 1 saturated heterocycles. The zero-order valence-corrected chi connectivity index (χ0v) is 20.3. The maximum absolute atomic E-state index is 13.2. The molecular weight excluding hydrogens is 473 g/mol. The number of rotatable bonds is 8. The van der Waals surface area contributed by atoms with Crippen molar-refractivity contribution in [3.8, 4) is 0 Å². The van der Waals surface area contributed by atoms with Crippen LogP contribution < -0.4 is 16.0 Å². The monoisotopic (exact) mass is 506 g/mol. The molecule has 10 heteroatoms. The molecule has 2 saturated carbocycles. The lowest BCUT2D eigenvalue weighted by Crippen LogP contribution is -2.52. The van der Waals surface area contributed by atoms with Gasteiger partial charge in [0.25, 0.3) is 5.91 Å². The second-order valence-electron chi connectivity index (χ2n) is 10.9. The average molecular weight is 507 g/mol. The van der Waals surface area contributed by atoms with E-state index in [1.807, 2.05) is 12.1 Å². The van der Waals surface area contributed by atoms with Crippen LogP contribution in [-0.2, 0) is 16.1 Å². The summed E-state index contributed by atoms with van der Waals surface area (Å²) >= 11 is 0. The molecule has 196 valence electrons. The van der Waals surface area contributed by atoms with Crippen LogP contribution in [0.4, 0.5) is 18.9 Å². The van der Waals surface area contributed by atoms with E-state index in [-0.39, 0.29) is 36.4 Å². The molecule has 1 aromatic carbocycles. The minimum atomic E-state index is -4.22. The van der Waals surface area contributed by atoms with E-state index in [0.717, 1.165) is 42.9 Å². The zero-order valence-electron chi connectivity index (χ0n) is 20.3. The van der Waals surface area contributed by atoms with Crippen molar-refractivity contribution < 1.29 is 27.6 Å². The van der Waals surface area contributed by atoms with E-state index in [2.05, 4.69) is 16.0 Å². The van der Waals surface area contributed by atoms with Crippen LogP contribution in [0.3, 0.4) is 0 Å². The van der Waals surface area contributed by atoms with Gasteiger partial charge in [-0.1, -0.05) is 18.9 Å². The predicted octanol–water partition coefficient (Wildman–Crippen LogP) is 3.88. The van der Waals surface area contributed by atoms with Gasteiger partial charge in [0.05, 0.1) is 6.54 Å². The van der Waals surface area contributed by atoms with Gasteiger partial charge in [-0.25, -0.2) is 0 Å². The SMILES string of the molecule is O=C1CCC(N2Cc3c(NC4(CCC5CC5)CCC(NCC(F)(F)F)CC4)cccc3C2=O)C(=O)N1. The Balaban J connectivity index is 1.31. The van der Waals surface area contributed by atoms with Crippen LogP contribution in [0.2, 0.25) is 0 Å². The maximum Gasteiger partial charge on any atom is 0.401 e. The first-order valence-electron chi connectivity index (χ1n) is 13.0. The molecule has 3 fully saturated rings. The van der Waals surface area contributed by atoms with Crippen molar-refractivity contribution in [2.75, 3.05) is 11.9 Å². The topological polar surface area (TPSA) is 90.5 Å². The molecule has 1 aromatic rings. The maximum atomic E-state index is 13.2. The highest BCUT2D eigenvalue weighted by Crippen LogP contribution is 2.43. The molecule has 5 rings (SSSR count). The number of imide groups is 1. The van der Waals surface area contributed by atoms with Crippen molar-refractivity contribution in [2.45, 2.75) is 94.6 Å². The largest absolute Gasteiger partial charge is 0.401 e. The van der Waals surface area contributed by atoms with Crippen molar-refractivity contribution in [1.82, 2.24) is 15.5 Å². The van der Waals surface area contributed by atoms with Gasteiger partial charge in [-0.15, -0.1) is 0 Å². The average Bonchev–Trinajstić information content (AvgIpc) is 3.60. The number of alkyl halides is 3. The van der Waals surface area contributed by atoms with E-state index in [1.54, 1.807) is 11.0 Å². The summed E-state index contributed by atoms with van der Waals surface area (Å²) in [4.78, 5) is 38.7. The lowest BCUT2D eigenvalue weighted by molar-refractivity contribution is -0.137. The van der Waals surface area contributed by atoms with Crippen molar-refractivity contribution in [3.63, 3.8) is 0 Å². The standard InChI is InChI=1S/C26H33F3N4O3/c27-26(28,29)15-30-17-9-12-25(13-10-17,11-8-16-4-5-16)32-20-3-1-2-18-19(20)14-33(24(18)36)21-6-7-22(34)31-23(21)35/h1-3,16-17,21,30,32H,4-15H2,(H,31,34,35). The van der Waals surface area contributed by atoms with Crippen molar-refractivity contribution in [3.05, 3.63) is 29.3 Å². The fraction of sp³-hybridized carbons (Fsp3) is 0.654. The van der Waals surface area contributed by atoms with E-state index >= 15 is 0 Å². The second-order valence-corrected chi connectivity index (χ2v) is 10.9. The molecular formula is C26H33F3N4O3. The fourth-order valence-electron chi connectivity index (χ4n) is 5.95. The number of nitrogens with zero attached hydrogens (tertiary/aromatic N) is 1. The Bertz CT molecular complexity index is 1030. The molecule has 1 atom stereocenters. The summed E-state index contributed by atoms with van der Waals surface area (Å²) < 4.78 is 38.1. The lowest BCUT2D eigenvalue weighted by atomic mass is 9.75. The van der Waals surface area contributed by atoms with Gasteiger partial charge in [-0.3, -0.25) is 19.7 Å². The molecule has 0 aromatic heterocycles. The number of carbonyl (C=O) groups excluding carboxylic acids is 3. The molecule has 3 amide bonds. The summed E-state index contributed by atoms with van der Waals surface area (Å²) in [6.07, 6.45) is 3.62. The van der Waals surface area contributed by atoms with Gasteiger partial charge in [0.1, 0.15) is 6.04 Å². The Morgan fingerprint density at radius 1 is 1.06 bits per heavy atom. The fourth-order valence-corrected chi connectivity index (χ4v) is 5.95. The lowest BCUT2D eigenvalue weighted by Gasteiger charge is -2.43. The number of anilines is 1. The quantitative estimate of drug-likeness (QED) is 0.466. The molecule has 0 radical (unpaired) electrons. The number of halogens is 3. The third kappa shape index (κ3) is 5.53. The smallest absolute Gasteiger partial charge is 0.379 e. The molecule has 7 nitrogen and oxygen atoms in total. The van der Waals surface area contributed by atoms with Crippen LogP contribution in [0.5, 0.6) is 0 Å². The van der Waals surface area contributed by atoms with Crippen molar-refractivity contribution in [2.24, 2.45) is 5.92 Å². The number of benzene rings is 1. The Labute approximate surface area is 208 Å². The molecule has 0 bridgehead atoms. The first kappa shape index (κ1) is 25.0. The van der Waals surface area contributed by atoms with Gasteiger partial charge >= 0.3 is 6.18 Å². The molecule has 36 heavy (non-hydrogen) atoms. The number of carbonyl (C=O) groups is 3. The van der Waals surface area contributed by atoms with Crippen LogP contribution >= 0.6 is 0 Å². The molecule has 0 spiro atoms. The molecule has 2 aliphatic carbocycles. The van der Waals surface area contributed by atoms with Crippen LogP contribution in [0.15, 0.2) is 18.2 Å². The Kier molecular flexibility index (Phi) is 6.74. The highest BCUT2D eigenvalue weighted by molar-refractivity contribution is 6.06. The van der Waals surface area contributed by atoms with Crippen LogP contribution in [0.25, 0.3) is 0 Å². The molecule has 2 aliphatic heterocycles. The van der Waals surface area contributed by atoms with Gasteiger partial charge in [0, 0.05) is 41.4 Å². The van der Waals surface area contributed by atoms with Crippen LogP contribution in [-0.4, -0.2) is 53.0 Å². The van der Waals surface area contributed by atoms with E-state index in [0.29, 0.717) is 24.8 Å². The van der Waals surface area contributed by atoms with Crippen molar-refractivity contribution >= 4 is 23.4 Å². The number of hydrogen-bond donors (Lipinski definition) is 3. The second kappa shape index (κ2) is 9.68. The molecule has 4 aliphatic rings. The Hall–Kier alpha value is -2.62. The minimum Gasteiger partial charge on any atom is -0.379 e. The highest BCUT2D eigenvalue weighted by atomic mass is 19.4. The summed E-state index contributed by atoms with van der Waals surface area (Å²) in [6, 6.07) is 4.72. The van der Waals surface area contributed by atoms with E-state index < -0.39 is 24.7 Å². The third-order valence-corrected chi connectivity index (χ3v) is 8.24. The normalized spacial score (nSPS) is 28.8. The summed E-state index contributed by atoms with van der Waals surface area (Å²) in [5.74, 6) is -0.237. The Morgan fingerprint density at radius 3 is 2.47 bits per heavy atom. The van der Waals surface area contributed by atoms with Crippen molar-refractivity contribution in [1.29, 1.82) is 0 Å². The van der Waals surface area contributed by atoms with Gasteiger partial charge in [-0.2, -0.15) is 13.2 Å². The van der Waals surface area contributed by atoms with Crippen LogP contribution in [0.1, 0.15) is 80.1 Å². The molecule has 3 N–H and O–H groups in total. The van der Waals surface area contributed by atoms with Gasteiger partial charge < -0.3 is 15.5 Å². The first-order chi connectivity index (χ1) is 17.1.